The van der Waals surface area contributed by atoms with E-state index in [2.05, 4.69) is 41.6 Å². The summed E-state index contributed by atoms with van der Waals surface area (Å²) in [6.07, 6.45) is -26.3. The van der Waals surface area contributed by atoms with Gasteiger partial charge in [0, 0.05) is 13.8 Å². The summed E-state index contributed by atoms with van der Waals surface area (Å²) in [6.45, 7) is -0.613. The minimum absolute atomic E-state index is 0.0149. The molecule has 71 heavy (non-hydrogen) atoms. The van der Waals surface area contributed by atoms with E-state index in [0.717, 1.165) is 34.1 Å². The molecule has 34 heteroatoms. The lowest BCUT2D eigenvalue weighted by Gasteiger charge is -2.43. The van der Waals surface area contributed by atoms with Crippen LogP contribution in [0.4, 0.5) is 0 Å². The molecular weight excluding hydrogens is 966 g/mol. The summed E-state index contributed by atoms with van der Waals surface area (Å²) in [7, 11) is 0. The molecule has 0 bridgehead atoms. The quantitative estimate of drug-likeness (QED) is 0.0563. The van der Waals surface area contributed by atoms with Crippen LogP contribution in [0.2, 0.25) is 0 Å². The number of carboxylic acid groups (broad SMARTS) is 2. The van der Waals surface area contributed by atoms with E-state index in [0.29, 0.717) is 0 Å². The van der Waals surface area contributed by atoms with Gasteiger partial charge in [-0.3, -0.25) is 9.59 Å². The number of carbonyl (C=O) groups is 4. The van der Waals surface area contributed by atoms with Crippen molar-refractivity contribution in [3.05, 3.63) is 35.7 Å². The Morgan fingerprint density at radius 1 is 0.521 bits per heavy atom. The van der Waals surface area contributed by atoms with Gasteiger partial charge in [-0.1, -0.05) is 15.6 Å². The van der Waals surface area contributed by atoms with Crippen LogP contribution in [-0.2, 0) is 72.2 Å². The first-order valence-electron chi connectivity index (χ1n) is 21.6. The second-order valence-corrected chi connectivity index (χ2v) is 16.8. The van der Waals surface area contributed by atoms with Crippen LogP contribution >= 0.6 is 0 Å². The van der Waals surface area contributed by atoms with Gasteiger partial charge in [-0.15, -0.1) is 15.3 Å². The number of ether oxygens (including phenoxy) is 7. The highest BCUT2D eigenvalue weighted by Crippen LogP contribution is 2.34. The van der Waals surface area contributed by atoms with Crippen LogP contribution in [0.3, 0.4) is 0 Å². The van der Waals surface area contributed by atoms with E-state index >= 15 is 0 Å². The summed E-state index contributed by atoms with van der Waals surface area (Å²) in [5.74, 6) is -4.48. The van der Waals surface area contributed by atoms with Crippen LogP contribution in [0.5, 0.6) is 0 Å². The Hall–Kier alpha value is -5.38. The van der Waals surface area contributed by atoms with Gasteiger partial charge in [-0.25, -0.2) is 23.6 Å². The number of hydrogen-bond acceptors (Lipinski definition) is 27. The van der Waals surface area contributed by atoms with Crippen molar-refractivity contribution < 1.29 is 114 Å². The summed E-state index contributed by atoms with van der Waals surface area (Å²) in [6, 6.07) is -2.66. The number of carbonyl (C=O) groups excluding carboxylic acids is 2. The average Bonchev–Trinajstić information content (AvgIpc) is 4.12. The van der Waals surface area contributed by atoms with Gasteiger partial charge in [0.1, 0.15) is 102 Å². The minimum atomic E-state index is -1.95. The van der Waals surface area contributed by atoms with E-state index in [1.807, 2.05) is 0 Å². The van der Waals surface area contributed by atoms with Crippen molar-refractivity contribution in [2.24, 2.45) is 0 Å². The molecule has 34 nitrogen and oxygen atoms in total. The number of aliphatic carboxylic acids is 2. The molecule has 4 fully saturated rings. The lowest BCUT2D eigenvalue weighted by molar-refractivity contribution is -0.265. The normalized spacial score (nSPS) is 37.6. The van der Waals surface area contributed by atoms with Crippen molar-refractivity contribution in [3.8, 4) is 0 Å². The topological polar surface area (TPSA) is 492 Å². The molecule has 4 saturated heterocycles. The van der Waals surface area contributed by atoms with Crippen LogP contribution in [0, 0.1) is 0 Å². The summed E-state index contributed by atoms with van der Waals surface area (Å²) < 4.78 is 42.3. The number of amides is 2. The van der Waals surface area contributed by atoms with Crippen LogP contribution in [-0.4, -0.2) is 247 Å². The van der Waals surface area contributed by atoms with Crippen LogP contribution in [0.1, 0.15) is 49.6 Å². The monoisotopic (exact) mass is 1020 g/mol. The number of nitrogens with zero attached hydrogens (tertiary/aromatic N) is 9. The summed E-state index contributed by atoms with van der Waals surface area (Å²) in [5, 5.41) is 153. The maximum Gasteiger partial charge on any atom is 0.335 e. The van der Waals surface area contributed by atoms with Gasteiger partial charge in [0.25, 0.3) is 0 Å². The zero-order chi connectivity index (χ0) is 51.6. The molecule has 394 valence electrons. The van der Waals surface area contributed by atoms with Crippen molar-refractivity contribution in [1.82, 2.24) is 55.6 Å². The number of carboxylic acids is 2. The van der Waals surface area contributed by atoms with E-state index in [4.69, 9.17) is 33.2 Å². The molecule has 0 radical (unpaired) electrons. The molecule has 3 aromatic heterocycles. The third-order valence-corrected chi connectivity index (χ3v) is 11.8. The van der Waals surface area contributed by atoms with Crippen LogP contribution in [0.15, 0.2) is 18.6 Å². The average molecular weight is 1020 g/mol. The first-order valence-corrected chi connectivity index (χ1v) is 21.6. The Morgan fingerprint density at radius 2 is 0.930 bits per heavy atom. The second-order valence-electron chi connectivity index (χ2n) is 16.8. The molecule has 4 aliphatic rings. The number of hydrogen-bond donors (Lipinski definition) is 14. The fourth-order valence-electron chi connectivity index (χ4n) is 8.38. The van der Waals surface area contributed by atoms with Gasteiger partial charge in [0.05, 0.1) is 51.6 Å². The van der Waals surface area contributed by atoms with E-state index in [-0.39, 0.29) is 17.1 Å². The Kier molecular flexibility index (Phi) is 17.0. The highest BCUT2D eigenvalue weighted by atomic mass is 16.6. The van der Waals surface area contributed by atoms with Crippen molar-refractivity contribution in [1.29, 1.82) is 0 Å². The number of aliphatic hydroxyl groups is 10. The minimum Gasteiger partial charge on any atom is -0.479 e. The summed E-state index contributed by atoms with van der Waals surface area (Å²) >= 11 is 0. The zero-order valence-corrected chi connectivity index (χ0v) is 37.2. The predicted molar refractivity (Wildman–Crippen MR) is 215 cm³/mol. The zero-order valence-electron chi connectivity index (χ0n) is 37.2. The highest BCUT2D eigenvalue weighted by Gasteiger charge is 2.52. The van der Waals surface area contributed by atoms with Crippen LogP contribution in [0.25, 0.3) is 0 Å². The third-order valence-electron chi connectivity index (χ3n) is 11.8. The Balaban J connectivity index is 0.971. The van der Waals surface area contributed by atoms with Gasteiger partial charge in [0.15, 0.2) is 37.2 Å². The van der Waals surface area contributed by atoms with Gasteiger partial charge < -0.3 is 105 Å². The van der Waals surface area contributed by atoms with E-state index in [1.165, 1.54) is 12.4 Å². The third kappa shape index (κ3) is 11.5. The molecule has 0 aromatic carbocycles. The van der Waals surface area contributed by atoms with Gasteiger partial charge >= 0.3 is 11.9 Å². The van der Waals surface area contributed by atoms with Crippen molar-refractivity contribution in [2.75, 3.05) is 13.2 Å². The largest absolute Gasteiger partial charge is 0.479 e. The van der Waals surface area contributed by atoms with Crippen molar-refractivity contribution >= 4 is 23.8 Å². The van der Waals surface area contributed by atoms with Crippen molar-refractivity contribution in [2.45, 2.75) is 156 Å². The van der Waals surface area contributed by atoms with Crippen molar-refractivity contribution in [3.63, 3.8) is 0 Å². The van der Waals surface area contributed by atoms with Crippen LogP contribution < -0.4 is 10.6 Å². The number of aliphatic hydroxyl groups excluding tert-OH is 10. The lowest BCUT2D eigenvalue weighted by atomic mass is 9.95. The van der Waals surface area contributed by atoms with Gasteiger partial charge in [-0.05, 0) is 0 Å². The number of rotatable bonds is 18. The maximum absolute atomic E-state index is 12.4. The van der Waals surface area contributed by atoms with E-state index in [9.17, 15) is 80.5 Å². The molecule has 7 heterocycles. The first-order chi connectivity index (χ1) is 33.7. The molecule has 3 aromatic rings. The lowest BCUT2D eigenvalue weighted by Crippen LogP contribution is -2.64. The second kappa shape index (κ2) is 22.6. The van der Waals surface area contributed by atoms with Gasteiger partial charge in [0.2, 0.25) is 11.8 Å². The fraction of sp³-hybridized carbons (Fsp3) is 0.730. The van der Waals surface area contributed by atoms with E-state index in [1.54, 1.807) is 0 Å². The predicted octanol–water partition coefficient (Wildman–Crippen LogP) is -9.38. The molecule has 0 spiro atoms. The van der Waals surface area contributed by atoms with E-state index < -0.39 is 179 Å². The Bertz CT molecular complexity index is 2310. The number of nitrogens with one attached hydrogen (secondary N) is 2. The maximum atomic E-state index is 12.4. The molecule has 0 unspecified atom stereocenters. The molecule has 2 amide bonds. The molecule has 20 atom stereocenters. The molecular formula is C37H53N11O23. The molecule has 14 N–H and O–H groups in total. The molecule has 4 aliphatic heterocycles. The number of aromatic nitrogens is 9. The molecule has 0 aliphatic carbocycles. The van der Waals surface area contributed by atoms with Gasteiger partial charge in [-0.2, -0.15) is 0 Å². The summed E-state index contributed by atoms with van der Waals surface area (Å²) in [4.78, 5) is 47.9. The standard InChI is InChI=1S/C37H53N11O23/c1-11(51)38-18-20(53)27(65-8-14-4-47(44-41-14)33-25(58)22(55)23(56)30(70-33)35(60)61)16(6-49)68-32(18)46-3-13(40-43-46)10-67-29-24(57)26(59)34(71-31(29)36(62)63)48-5-15(42-45-48)9-66-28-17(7-50)69-37(64)19(21(28)54)39-12(2)52/h3-5,16-34,37,49-50,53-59,64H,6-10H2,1-2H3,(H,38,51)(H,39,52)(H,60,61)(H,62,63)/t16-,17-,18-,19-,20-,21-,22+,23+,24-,25-,26-,27-,28-,29+,30+,31+,32-,33-,34-,37-/m1/s1. The Labute approximate surface area is 397 Å². The molecule has 7 rings (SSSR count). The smallest absolute Gasteiger partial charge is 0.335 e. The highest BCUT2D eigenvalue weighted by molar-refractivity contribution is 5.74. The Morgan fingerprint density at radius 3 is 1.39 bits per heavy atom. The SMILES string of the molecule is CC(=O)N[C@@H]1[C@@H](O)[C@H](OCc2cn([C@@H]3O[C@H](C(=O)O)[C@@H](OCc4cn([C@@H]5O[C@H](CO)[C@@H](OCc6cn([C@@H]7O[C@H](C(=O)O)[C@@H](O)[C@H](O)[C@H]7O)nn6)[C@H](O)[C@H]5NC(C)=O)nn4)[C@H](O)[C@H]3O)nn2)[C@@H](CO)O[C@H]1O. The fourth-order valence-corrected chi connectivity index (χ4v) is 8.38. The first kappa shape index (κ1) is 53.4. The molecule has 0 saturated carbocycles. The summed E-state index contributed by atoms with van der Waals surface area (Å²) in [5.41, 5.74) is 0.0119.